The summed E-state index contributed by atoms with van der Waals surface area (Å²) in [6, 6.07) is 7.93. The monoisotopic (exact) mass is 235 g/mol. The molecule has 0 heterocycles. The average molecular weight is 235 g/mol. The molecule has 0 aliphatic carbocycles. The van der Waals surface area contributed by atoms with Crippen LogP contribution in [0.15, 0.2) is 24.3 Å². The van der Waals surface area contributed by atoms with Crippen LogP contribution in [0.25, 0.3) is 0 Å². The third-order valence-corrected chi connectivity index (χ3v) is 2.35. The van der Waals surface area contributed by atoms with Crippen molar-refractivity contribution in [3.63, 3.8) is 0 Å². The van der Waals surface area contributed by atoms with E-state index in [1.54, 1.807) is 0 Å². The maximum absolute atomic E-state index is 11.4. The molecule has 1 aromatic rings. The van der Waals surface area contributed by atoms with Gasteiger partial charge in [-0.3, -0.25) is 4.79 Å². The molecule has 4 nitrogen and oxygen atoms in total. The molecular formula is C13H21N3O. The normalized spacial score (nSPS) is 10.5. The summed E-state index contributed by atoms with van der Waals surface area (Å²) in [6.45, 7) is 5.26. The fourth-order valence-corrected chi connectivity index (χ4v) is 1.51. The van der Waals surface area contributed by atoms with E-state index in [0.717, 1.165) is 11.3 Å². The highest BCUT2D eigenvalue weighted by molar-refractivity contribution is 5.76. The van der Waals surface area contributed by atoms with Crippen LogP contribution in [0.3, 0.4) is 0 Å². The summed E-state index contributed by atoms with van der Waals surface area (Å²) in [4.78, 5) is 11.4. The summed E-state index contributed by atoms with van der Waals surface area (Å²) in [6.07, 6.45) is 0.491. The molecule has 0 fully saturated rings. The van der Waals surface area contributed by atoms with E-state index < -0.39 is 0 Å². The first-order chi connectivity index (χ1) is 8.09. The maximum Gasteiger partial charge on any atom is 0.221 e. The number of benzene rings is 1. The zero-order chi connectivity index (χ0) is 12.7. The molecular weight excluding hydrogens is 214 g/mol. The summed E-state index contributed by atoms with van der Waals surface area (Å²) in [5, 5.41) is 6.05. The predicted octanol–water partition coefficient (Wildman–Crippen LogP) is 1.27. The number of carbonyl (C=O) groups excluding carboxylic acids is 1. The standard InChI is InChI=1S/C13H21N3O/c1-10(2)16-13(17)7-8-15-9-11-5-3-4-6-12(11)14/h3-6,10,15H,7-9,14H2,1-2H3,(H,16,17). The number of nitrogens with one attached hydrogen (secondary N) is 2. The van der Waals surface area contributed by atoms with E-state index in [9.17, 15) is 4.79 Å². The van der Waals surface area contributed by atoms with Crippen molar-refractivity contribution in [1.82, 2.24) is 10.6 Å². The van der Waals surface area contributed by atoms with Gasteiger partial charge in [0.1, 0.15) is 0 Å². The van der Waals surface area contributed by atoms with Gasteiger partial charge in [0, 0.05) is 31.2 Å². The van der Waals surface area contributed by atoms with Gasteiger partial charge in [0.2, 0.25) is 5.91 Å². The number of para-hydroxylation sites is 1. The van der Waals surface area contributed by atoms with Crippen LogP contribution in [0.4, 0.5) is 5.69 Å². The maximum atomic E-state index is 11.4. The summed E-state index contributed by atoms with van der Waals surface area (Å²) < 4.78 is 0. The lowest BCUT2D eigenvalue weighted by Crippen LogP contribution is -2.32. The van der Waals surface area contributed by atoms with Gasteiger partial charge in [0.15, 0.2) is 0 Å². The summed E-state index contributed by atoms with van der Waals surface area (Å²) >= 11 is 0. The van der Waals surface area contributed by atoms with E-state index in [0.29, 0.717) is 19.5 Å². The van der Waals surface area contributed by atoms with Crippen LogP contribution in [-0.2, 0) is 11.3 Å². The molecule has 0 bridgehead atoms. The van der Waals surface area contributed by atoms with Crippen LogP contribution in [0.1, 0.15) is 25.8 Å². The van der Waals surface area contributed by atoms with Gasteiger partial charge in [-0.1, -0.05) is 18.2 Å². The van der Waals surface area contributed by atoms with Crippen LogP contribution in [0.2, 0.25) is 0 Å². The first-order valence-electron chi connectivity index (χ1n) is 5.93. The Morgan fingerprint density at radius 2 is 2.06 bits per heavy atom. The van der Waals surface area contributed by atoms with Gasteiger partial charge in [-0.05, 0) is 25.5 Å². The highest BCUT2D eigenvalue weighted by Crippen LogP contribution is 2.09. The number of hydrogen-bond donors (Lipinski definition) is 3. The molecule has 0 radical (unpaired) electrons. The lowest BCUT2D eigenvalue weighted by Gasteiger charge is -2.09. The third kappa shape index (κ3) is 5.36. The second-order valence-electron chi connectivity index (χ2n) is 4.35. The van der Waals surface area contributed by atoms with Crippen molar-refractivity contribution in [3.05, 3.63) is 29.8 Å². The summed E-state index contributed by atoms with van der Waals surface area (Å²) in [7, 11) is 0. The van der Waals surface area contributed by atoms with Crippen molar-refractivity contribution in [2.24, 2.45) is 0 Å². The van der Waals surface area contributed by atoms with Gasteiger partial charge in [-0.25, -0.2) is 0 Å². The molecule has 0 saturated carbocycles. The highest BCUT2D eigenvalue weighted by atomic mass is 16.1. The number of nitrogens with two attached hydrogens (primary N) is 1. The largest absolute Gasteiger partial charge is 0.398 e. The molecule has 0 aliphatic heterocycles. The molecule has 0 aliphatic rings. The van der Waals surface area contributed by atoms with Gasteiger partial charge in [-0.2, -0.15) is 0 Å². The molecule has 0 spiro atoms. The van der Waals surface area contributed by atoms with Crippen LogP contribution < -0.4 is 16.4 Å². The Morgan fingerprint density at radius 3 is 2.71 bits per heavy atom. The van der Waals surface area contributed by atoms with Gasteiger partial charge in [-0.15, -0.1) is 0 Å². The molecule has 0 atom stereocenters. The van der Waals surface area contributed by atoms with Crippen molar-refractivity contribution in [2.75, 3.05) is 12.3 Å². The van der Waals surface area contributed by atoms with Crippen LogP contribution in [-0.4, -0.2) is 18.5 Å². The lowest BCUT2D eigenvalue weighted by atomic mass is 10.2. The smallest absolute Gasteiger partial charge is 0.221 e. The summed E-state index contributed by atoms with van der Waals surface area (Å²) in [5.41, 5.74) is 7.66. The average Bonchev–Trinajstić information content (AvgIpc) is 2.25. The Bertz CT molecular complexity index is 363. The number of amides is 1. The minimum absolute atomic E-state index is 0.0773. The SMILES string of the molecule is CC(C)NC(=O)CCNCc1ccccc1N. The van der Waals surface area contributed by atoms with E-state index in [2.05, 4.69) is 10.6 Å². The Balaban J connectivity index is 2.21. The van der Waals surface area contributed by atoms with Crippen molar-refractivity contribution < 1.29 is 4.79 Å². The number of hydrogen-bond acceptors (Lipinski definition) is 3. The third-order valence-electron chi connectivity index (χ3n) is 2.35. The topological polar surface area (TPSA) is 67.2 Å². The first kappa shape index (κ1) is 13.5. The number of carbonyl (C=O) groups is 1. The van der Waals surface area contributed by atoms with Gasteiger partial charge in [0.05, 0.1) is 0 Å². The fourth-order valence-electron chi connectivity index (χ4n) is 1.51. The Labute approximate surface area is 103 Å². The fraction of sp³-hybridized carbons (Fsp3) is 0.462. The van der Waals surface area contributed by atoms with E-state index in [1.807, 2.05) is 38.1 Å². The molecule has 4 heteroatoms. The highest BCUT2D eigenvalue weighted by Gasteiger charge is 2.02. The zero-order valence-electron chi connectivity index (χ0n) is 10.5. The molecule has 1 amide bonds. The Kier molecular flexibility index (Phi) is 5.49. The van der Waals surface area contributed by atoms with E-state index in [4.69, 9.17) is 5.73 Å². The van der Waals surface area contributed by atoms with Crippen molar-refractivity contribution in [1.29, 1.82) is 0 Å². The van der Waals surface area contributed by atoms with Gasteiger partial charge < -0.3 is 16.4 Å². The number of rotatable bonds is 6. The molecule has 0 unspecified atom stereocenters. The summed E-state index contributed by atoms with van der Waals surface area (Å²) in [5.74, 6) is 0.0773. The molecule has 17 heavy (non-hydrogen) atoms. The minimum Gasteiger partial charge on any atom is -0.398 e. The van der Waals surface area contributed by atoms with Gasteiger partial charge in [0.25, 0.3) is 0 Å². The lowest BCUT2D eigenvalue weighted by molar-refractivity contribution is -0.121. The minimum atomic E-state index is 0.0773. The van der Waals surface area contributed by atoms with Crippen LogP contribution in [0, 0.1) is 0 Å². The second kappa shape index (κ2) is 6.91. The number of nitrogen functional groups attached to an aromatic ring is 1. The molecule has 1 rings (SSSR count). The number of anilines is 1. The van der Waals surface area contributed by atoms with Gasteiger partial charge >= 0.3 is 0 Å². The first-order valence-corrected chi connectivity index (χ1v) is 5.93. The zero-order valence-corrected chi connectivity index (χ0v) is 10.5. The molecule has 1 aromatic carbocycles. The second-order valence-corrected chi connectivity index (χ2v) is 4.35. The van der Waals surface area contributed by atoms with E-state index in [-0.39, 0.29) is 11.9 Å². The van der Waals surface area contributed by atoms with Crippen LogP contribution >= 0.6 is 0 Å². The quantitative estimate of drug-likeness (QED) is 0.514. The van der Waals surface area contributed by atoms with Crippen molar-refractivity contribution in [2.45, 2.75) is 32.9 Å². The predicted molar refractivity (Wildman–Crippen MR) is 70.5 cm³/mol. The molecule has 0 saturated heterocycles. The van der Waals surface area contributed by atoms with E-state index >= 15 is 0 Å². The molecule has 0 aromatic heterocycles. The van der Waals surface area contributed by atoms with E-state index in [1.165, 1.54) is 0 Å². The molecule has 94 valence electrons. The van der Waals surface area contributed by atoms with Crippen LogP contribution in [0.5, 0.6) is 0 Å². The van der Waals surface area contributed by atoms with Crippen molar-refractivity contribution in [3.8, 4) is 0 Å². The molecule has 4 N–H and O–H groups in total. The van der Waals surface area contributed by atoms with Crippen molar-refractivity contribution >= 4 is 11.6 Å². The Morgan fingerprint density at radius 1 is 1.35 bits per heavy atom. The Hall–Kier alpha value is -1.55.